The second kappa shape index (κ2) is 7.64. The monoisotopic (exact) mass is 354 g/mol. The predicted molar refractivity (Wildman–Crippen MR) is 99.0 cm³/mol. The first-order chi connectivity index (χ1) is 12.7. The molecule has 2 heterocycles. The van der Waals surface area contributed by atoms with Crippen molar-refractivity contribution < 1.29 is 13.9 Å². The predicted octanol–water partition coefficient (Wildman–Crippen LogP) is 3.26. The van der Waals surface area contributed by atoms with Crippen molar-refractivity contribution in [1.82, 2.24) is 9.80 Å². The lowest BCUT2D eigenvalue weighted by atomic mass is 9.87. The van der Waals surface area contributed by atoms with E-state index in [0.717, 1.165) is 57.9 Å². The molecule has 5 heteroatoms. The van der Waals surface area contributed by atoms with E-state index in [2.05, 4.69) is 29.2 Å². The van der Waals surface area contributed by atoms with E-state index in [1.165, 1.54) is 11.1 Å². The molecular weight excluding hydrogens is 328 g/mol. The van der Waals surface area contributed by atoms with E-state index in [0.29, 0.717) is 5.56 Å². The van der Waals surface area contributed by atoms with Gasteiger partial charge in [0.05, 0.1) is 31.4 Å². The Hall–Kier alpha value is -2.11. The van der Waals surface area contributed by atoms with Gasteiger partial charge in [-0.15, -0.1) is 0 Å². The van der Waals surface area contributed by atoms with Crippen LogP contribution in [0.3, 0.4) is 0 Å². The van der Waals surface area contributed by atoms with Gasteiger partial charge in [-0.3, -0.25) is 9.69 Å². The summed E-state index contributed by atoms with van der Waals surface area (Å²) in [5, 5.41) is 0. The first kappa shape index (κ1) is 17.3. The second-order valence-electron chi connectivity index (χ2n) is 7.21. The van der Waals surface area contributed by atoms with Crippen LogP contribution in [-0.2, 0) is 17.7 Å². The summed E-state index contributed by atoms with van der Waals surface area (Å²) in [5.74, 6) is 0.872. The third-order valence-corrected chi connectivity index (χ3v) is 5.51. The zero-order valence-electron chi connectivity index (χ0n) is 15.3. The summed E-state index contributed by atoms with van der Waals surface area (Å²) in [6, 6.07) is 10.5. The number of carbonyl (C=O) groups excluding carboxylic acids is 1. The summed E-state index contributed by atoms with van der Waals surface area (Å²) < 4.78 is 11.0. The van der Waals surface area contributed by atoms with Crippen molar-refractivity contribution in [3.63, 3.8) is 0 Å². The number of nitrogens with zero attached hydrogens (tertiary/aromatic N) is 2. The second-order valence-corrected chi connectivity index (χ2v) is 7.21. The lowest BCUT2D eigenvalue weighted by Crippen LogP contribution is -2.35. The number of hydrogen-bond acceptors (Lipinski definition) is 4. The molecule has 26 heavy (non-hydrogen) atoms. The number of hydrogen-bond donors (Lipinski definition) is 0. The maximum atomic E-state index is 13.0. The number of rotatable bonds is 4. The Kier molecular flexibility index (Phi) is 5.09. The standard InChI is InChI=1S/C21H26N2O3/c1-22(20-8-4-6-16-5-2-3-7-19(16)20)21(24)17-13-18(26-15-17)14-23-9-11-25-12-10-23/h2-3,5,7,13,15,20H,4,6,8-12,14H2,1H3/t20-/m0/s1. The molecular formula is C21H26N2O3. The fourth-order valence-electron chi connectivity index (χ4n) is 4.03. The van der Waals surface area contributed by atoms with Crippen molar-refractivity contribution in [2.75, 3.05) is 33.4 Å². The molecule has 1 atom stereocenters. The minimum Gasteiger partial charge on any atom is -0.467 e. The lowest BCUT2D eigenvalue weighted by molar-refractivity contribution is 0.0313. The molecule has 0 radical (unpaired) electrons. The third-order valence-electron chi connectivity index (χ3n) is 5.51. The molecule has 0 unspecified atom stereocenters. The summed E-state index contributed by atoms with van der Waals surface area (Å²) in [4.78, 5) is 17.2. The molecule has 0 saturated carbocycles. The molecule has 0 spiro atoms. The number of aryl methyl sites for hydroxylation is 1. The highest BCUT2D eigenvalue weighted by molar-refractivity contribution is 5.94. The summed E-state index contributed by atoms with van der Waals surface area (Å²) >= 11 is 0. The summed E-state index contributed by atoms with van der Waals surface area (Å²) in [5.41, 5.74) is 3.29. The molecule has 2 aromatic rings. The number of furan rings is 1. The Bertz CT molecular complexity index is 764. The summed E-state index contributed by atoms with van der Waals surface area (Å²) in [7, 11) is 1.91. The van der Waals surface area contributed by atoms with Crippen LogP contribution < -0.4 is 0 Å². The smallest absolute Gasteiger partial charge is 0.257 e. The van der Waals surface area contributed by atoms with Crippen molar-refractivity contribution in [3.8, 4) is 0 Å². The molecule has 138 valence electrons. The van der Waals surface area contributed by atoms with Crippen LogP contribution in [-0.4, -0.2) is 49.1 Å². The maximum Gasteiger partial charge on any atom is 0.257 e. The minimum absolute atomic E-state index is 0.0312. The number of ether oxygens (including phenoxy) is 1. The normalized spacial score (nSPS) is 20.6. The van der Waals surface area contributed by atoms with E-state index in [4.69, 9.17) is 9.15 Å². The molecule has 1 aliphatic carbocycles. The topological polar surface area (TPSA) is 45.9 Å². The van der Waals surface area contributed by atoms with Crippen LogP contribution >= 0.6 is 0 Å². The van der Waals surface area contributed by atoms with Gasteiger partial charge in [0.15, 0.2) is 0 Å². The van der Waals surface area contributed by atoms with E-state index >= 15 is 0 Å². The highest BCUT2D eigenvalue weighted by Gasteiger charge is 2.28. The molecule has 4 rings (SSSR count). The van der Waals surface area contributed by atoms with Crippen LogP contribution in [0.5, 0.6) is 0 Å². The zero-order chi connectivity index (χ0) is 17.9. The van der Waals surface area contributed by atoms with Crippen LogP contribution in [0.25, 0.3) is 0 Å². The van der Waals surface area contributed by atoms with Crippen molar-refractivity contribution in [3.05, 3.63) is 59.0 Å². The van der Waals surface area contributed by atoms with Crippen molar-refractivity contribution in [1.29, 1.82) is 0 Å². The average molecular weight is 354 g/mol. The molecule has 1 amide bonds. The fraction of sp³-hybridized carbons (Fsp3) is 0.476. The molecule has 1 aliphatic heterocycles. The van der Waals surface area contributed by atoms with Crippen molar-refractivity contribution in [2.45, 2.75) is 31.8 Å². The molecule has 1 aromatic heterocycles. The minimum atomic E-state index is 0.0312. The zero-order valence-corrected chi connectivity index (χ0v) is 15.3. The van der Waals surface area contributed by atoms with Crippen LogP contribution in [0.2, 0.25) is 0 Å². The van der Waals surface area contributed by atoms with Crippen LogP contribution in [0.4, 0.5) is 0 Å². The van der Waals surface area contributed by atoms with Crippen molar-refractivity contribution >= 4 is 5.91 Å². The Balaban J connectivity index is 1.46. The van der Waals surface area contributed by atoms with Gasteiger partial charge in [0.25, 0.3) is 5.91 Å². The summed E-state index contributed by atoms with van der Waals surface area (Å²) in [6.07, 6.45) is 4.83. The SMILES string of the molecule is CN(C(=O)c1coc(CN2CCOCC2)c1)[C@H]1CCCc2ccccc21. The molecule has 1 fully saturated rings. The number of benzene rings is 1. The van der Waals surface area contributed by atoms with Crippen LogP contribution in [0.15, 0.2) is 41.0 Å². The fourth-order valence-corrected chi connectivity index (χ4v) is 4.03. The van der Waals surface area contributed by atoms with Gasteiger partial charge in [0.2, 0.25) is 0 Å². The molecule has 1 aromatic carbocycles. The Morgan fingerprint density at radius 1 is 1.27 bits per heavy atom. The van der Waals surface area contributed by atoms with Crippen molar-refractivity contribution in [2.24, 2.45) is 0 Å². The van der Waals surface area contributed by atoms with Gasteiger partial charge < -0.3 is 14.1 Å². The van der Waals surface area contributed by atoms with Gasteiger partial charge in [0.1, 0.15) is 12.0 Å². The number of amides is 1. The van der Waals surface area contributed by atoms with E-state index < -0.39 is 0 Å². The van der Waals surface area contributed by atoms with E-state index in [9.17, 15) is 4.79 Å². The van der Waals surface area contributed by atoms with Gasteiger partial charge in [-0.1, -0.05) is 24.3 Å². The Morgan fingerprint density at radius 3 is 2.92 bits per heavy atom. The van der Waals surface area contributed by atoms with E-state index in [1.807, 2.05) is 18.0 Å². The Morgan fingerprint density at radius 2 is 2.08 bits per heavy atom. The maximum absolute atomic E-state index is 13.0. The first-order valence-electron chi connectivity index (χ1n) is 9.45. The molecule has 5 nitrogen and oxygen atoms in total. The van der Waals surface area contributed by atoms with Crippen LogP contribution in [0, 0.1) is 0 Å². The van der Waals surface area contributed by atoms with Gasteiger partial charge in [-0.05, 0) is 36.5 Å². The number of carbonyl (C=O) groups is 1. The number of fused-ring (bicyclic) bond motifs is 1. The largest absolute Gasteiger partial charge is 0.467 e. The van der Waals surface area contributed by atoms with Gasteiger partial charge >= 0.3 is 0 Å². The molecule has 0 bridgehead atoms. The average Bonchev–Trinajstić information content (AvgIpc) is 3.15. The third kappa shape index (κ3) is 3.55. The van der Waals surface area contributed by atoms with E-state index in [-0.39, 0.29) is 11.9 Å². The molecule has 0 N–H and O–H groups in total. The van der Waals surface area contributed by atoms with Gasteiger partial charge in [-0.25, -0.2) is 0 Å². The van der Waals surface area contributed by atoms with Crippen LogP contribution in [0.1, 0.15) is 46.1 Å². The number of morpholine rings is 1. The first-order valence-corrected chi connectivity index (χ1v) is 9.45. The van der Waals surface area contributed by atoms with Gasteiger partial charge in [0, 0.05) is 20.1 Å². The highest BCUT2D eigenvalue weighted by atomic mass is 16.5. The van der Waals surface area contributed by atoms with E-state index in [1.54, 1.807) is 6.26 Å². The quantitative estimate of drug-likeness (QED) is 0.845. The van der Waals surface area contributed by atoms with Gasteiger partial charge in [-0.2, -0.15) is 0 Å². The highest BCUT2D eigenvalue weighted by Crippen LogP contribution is 2.34. The molecule has 1 saturated heterocycles. The molecule has 2 aliphatic rings. The Labute approximate surface area is 154 Å². The summed E-state index contributed by atoms with van der Waals surface area (Å²) in [6.45, 7) is 4.06. The lowest BCUT2D eigenvalue weighted by Gasteiger charge is -2.33.